The van der Waals surface area contributed by atoms with Crippen LogP contribution in [0, 0.1) is 12.7 Å². The van der Waals surface area contributed by atoms with Crippen molar-refractivity contribution in [1.82, 2.24) is 24.4 Å². The Kier molecular flexibility index (Phi) is 4.45. The predicted molar refractivity (Wildman–Crippen MR) is 99.1 cm³/mol. The van der Waals surface area contributed by atoms with Crippen LogP contribution in [0.4, 0.5) is 4.39 Å². The van der Waals surface area contributed by atoms with Crippen LogP contribution in [0.2, 0.25) is 0 Å². The molecule has 1 N–H and O–H groups in total. The summed E-state index contributed by atoms with van der Waals surface area (Å²) in [6.45, 7) is 3.07. The molecular formula is C18H20FN5O2S. The minimum absolute atomic E-state index is 0.120. The molecular weight excluding hydrogens is 369 g/mol. The third-order valence-electron chi connectivity index (χ3n) is 4.87. The van der Waals surface area contributed by atoms with Crippen LogP contribution >= 0.6 is 0 Å². The number of rotatable bonds is 3. The topological polar surface area (TPSA) is 80.1 Å². The molecule has 2 aromatic heterocycles. The maximum atomic E-state index is 13.7. The lowest BCUT2D eigenvalue weighted by Crippen LogP contribution is -2.48. The van der Waals surface area contributed by atoms with Gasteiger partial charge in [0.25, 0.3) is 0 Å². The molecule has 0 spiro atoms. The van der Waals surface area contributed by atoms with Gasteiger partial charge in [-0.2, -0.15) is 9.40 Å². The summed E-state index contributed by atoms with van der Waals surface area (Å²) in [5.74, 6) is -0.385. The molecule has 4 rings (SSSR count). The lowest BCUT2D eigenvalue weighted by molar-refractivity contribution is 0.271. The van der Waals surface area contributed by atoms with Crippen LogP contribution in [-0.4, -0.2) is 47.1 Å². The lowest BCUT2D eigenvalue weighted by atomic mass is 10.1. The molecule has 1 atom stereocenters. The van der Waals surface area contributed by atoms with Crippen molar-refractivity contribution in [2.24, 2.45) is 7.05 Å². The molecule has 1 saturated heterocycles. The Labute approximate surface area is 156 Å². The SMILES string of the molecule is Cc1nn(C)c2ncc(S(=O)(=O)N3CCNCC3c3cccc(F)c3)cc12. The normalized spacial score (nSPS) is 18.9. The van der Waals surface area contributed by atoms with E-state index >= 15 is 0 Å². The van der Waals surface area contributed by atoms with Gasteiger partial charge in [-0.1, -0.05) is 12.1 Å². The fourth-order valence-corrected chi connectivity index (χ4v) is 5.12. The Morgan fingerprint density at radius 2 is 2.11 bits per heavy atom. The van der Waals surface area contributed by atoms with Crippen LogP contribution < -0.4 is 5.32 Å². The maximum Gasteiger partial charge on any atom is 0.245 e. The van der Waals surface area contributed by atoms with Crippen molar-refractivity contribution in [3.8, 4) is 0 Å². The first-order valence-electron chi connectivity index (χ1n) is 8.65. The van der Waals surface area contributed by atoms with Gasteiger partial charge in [0.05, 0.1) is 11.7 Å². The number of piperazine rings is 1. The van der Waals surface area contributed by atoms with Crippen LogP contribution in [0.5, 0.6) is 0 Å². The molecule has 27 heavy (non-hydrogen) atoms. The fourth-order valence-electron chi connectivity index (χ4n) is 3.54. The monoisotopic (exact) mass is 389 g/mol. The van der Waals surface area contributed by atoms with E-state index in [-0.39, 0.29) is 10.7 Å². The summed E-state index contributed by atoms with van der Waals surface area (Å²) >= 11 is 0. The second-order valence-corrected chi connectivity index (χ2v) is 8.53. The smallest absolute Gasteiger partial charge is 0.245 e. The molecule has 0 amide bonds. The van der Waals surface area contributed by atoms with E-state index < -0.39 is 16.1 Å². The van der Waals surface area contributed by atoms with E-state index in [0.29, 0.717) is 36.2 Å². The van der Waals surface area contributed by atoms with Crippen LogP contribution in [0.3, 0.4) is 0 Å². The number of hydrogen-bond donors (Lipinski definition) is 1. The van der Waals surface area contributed by atoms with Crippen molar-refractivity contribution >= 4 is 21.1 Å². The summed E-state index contributed by atoms with van der Waals surface area (Å²) in [6, 6.07) is 7.21. The van der Waals surface area contributed by atoms with Crippen LogP contribution in [0.25, 0.3) is 11.0 Å². The van der Waals surface area contributed by atoms with E-state index in [9.17, 15) is 12.8 Å². The minimum atomic E-state index is -3.80. The third kappa shape index (κ3) is 3.11. The number of aryl methyl sites for hydroxylation is 2. The van der Waals surface area contributed by atoms with E-state index in [1.165, 1.54) is 22.6 Å². The quantitative estimate of drug-likeness (QED) is 0.738. The van der Waals surface area contributed by atoms with Crippen molar-refractivity contribution in [2.45, 2.75) is 17.9 Å². The molecule has 0 saturated carbocycles. The summed E-state index contributed by atoms with van der Waals surface area (Å²) < 4.78 is 43.4. The number of sulfonamides is 1. The van der Waals surface area contributed by atoms with E-state index in [1.807, 2.05) is 6.92 Å². The first kappa shape index (κ1) is 18.0. The Bertz CT molecular complexity index is 1110. The van der Waals surface area contributed by atoms with Gasteiger partial charge < -0.3 is 5.32 Å². The molecule has 9 heteroatoms. The summed E-state index contributed by atoms with van der Waals surface area (Å²) in [7, 11) is -2.03. The van der Waals surface area contributed by atoms with Crippen molar-refractivity contribution in [3.05, 3.63) is 53.6 Å². The van der Waals surface area contributed by atoms with E-state index in [0.717, 1.165) is 5.69 Å². The fraction of sp³-hybridized carbons (Fsp3) is 0.333. The zero-order valence-electron chi connectivity index (χ0n) is 15.1. The Hall–Kier alpha value is -2.36. The lowest BCUT2D eigenvalue weighted by Gasteiger charge is -2.35. The highest BCUT2D eigenvalue weighted by molar-refractivity contribution is 7.89. The van der Waals surface area contributed by atoms with Gasteiger partial charge in [-0.15, -0.1) is 0 Å². The van der Waals surface area contributed by atoms with E-state index in [2.05, 4.69) is 15.4 Å². The van der Waals surface area contributed by atoms with Gasteiger partial charge in [0.1, 0.15) is 10.7 Å². The number of nitrogens with one attached hydrogen (secondary N) is 1. The zero-order valence-corrected chi connectivity index (χ0v) is 15.9. The molecule has 1 aromatic carbocycles. The highest BCUT2D eigenvalue weighted by atomic mass is 32.2. The number of hydrogen-bond acceptors (Lipinski definition) is 5. The standard InChI is InChI=1S/C18H20FN5O2S/c1-12-16-9-15(10-21-18(16)23(2)22-12)27(25,26)24-7-6-20-11-17(24)13-4-3-5-14(19)8-13/h3-5,8-10,17,20H,6-7,11H2,1-2H3. The summed E-state index contributed by atoms with van der Waals surface area (Å²) in [6.07, 6.45) is 1.36. The van der Waals surface area contributed by atoms with Crippen molar-refractivity contribution in [3.63, 3.8) is 0 Å². The maximum absolute atomic E-state index is 13.7. The molecule has 7 nitrogen and oxygen atoms in total. The largest absolute Gasteiger partial charge is 0.313 e. The zero-order chi connectivity index (χ0) is 19.2. The minimum Gasteiger partial charge on any atom is -0.313 e. The number of fused-ring (bicyclic) bond motifs is 1. The predicted octanol–water partition coefficient (Wildman–Crippen LogP) is 1.75. The first-order valence-corrected chi connectivity index (χ1v) is 10.1. The van der Waals surface area contributed by atoms with Gasteiger partial charge in [-0.3, -0.25) is 4.68 Å². The van der Waals surface area contributed by atoms with Crippen LogP contribution in [-0.2, 0) is 17.1 Å². The number of halogens is 1. The molecule has 1 aliphatic rings. The van der Waals surface area contributed by atoms with Gasteiger partial charge >= 0.3 is 0 Å². The number of benzene rings is 1. The number of aromatic nitrogens is 3. The Morgan fingerprint density at radius 3 is 2.89 bits per heavy atom. The molecule has 0 radical (unpaired) electrons. The highest BCUT2D eigenvalue weighted by Gasteiger charge is 2.35. The van der Waals surface area contributed by atoms with Crippen molar-refractivity contribution < 1.29 is 12.8 Å². The Balaban J connectivity index is 1.78. The third-order valence-corrected chi connectivity index (χ3v) is 6.75. The molecule has 1 unspecified atom stereocenters. The summed E-state index contributed by atoms with van der Waals surface area (Å²) in [5.41, 5.74) is 1.98. The molecule has 1 aliphatic heterocycles. The molecule has 142 valence electrons. The molecule has 3 heterocycles. The molecule has 3 aromatic rings. The average molecular weight is 389 g/mol. The van der Waals surface area contributed by atoms with Gasteiger partial charge in [0.2, 0.25) is 10.0 Å². The van der Waals surface area contributed by atoms with Gasteiger partial charge in [0.15, 0.2) is 5.65 Å². The van der Waals surface area contributed by atoms with Crippen LogP contribution in [0.1, 0.15) is 17.3 Å². The van der Waals surface area contributed by atoms with Crippen LogP contribution in [0.15, 0.2) is 41.4 Å². The summed E-state index contributed by atoms with van der Waals surface area (Å²) in [5, 5.41) is 8.19. The second kappa shape index (κ2) is 6.66. The molecule has 0 aliphatic carbocycles. The van der Waals surface area contributed by atoms with E-state index in [1.54, 1.807) is 29.9 Å². The number of nitrogens with zero attached hydrogens (tertiary/aromatic N) is 4. The molecule has 1 fully saturated rings. The van der Waals surface area contributed by atoms with Gasteiger partial charge in [-0.25, -0.2) is 17.8 Å². The molecule has 0 bridgehead atoms. The van der Waals surface area contributed by atoms with Crippen molar-refractivity contribution in [2.75, 3.05) is 19.6 Å². The first-order chi connectivity index (χ1) is 12.9. The van der Waals surface area contributed by atoms with E-state index in [4.69, 9.17) is 0 Å². The average Bonchev–Trinajstić information content (AvgIpc) is 2.95. The highest BCUT2D eigenvalue weighted by Crippen LogP contribution is 2.30. The van der Waals surface area contributed by atoms with Crippen molar-refractivity contribution in [1.29, 1.82) is 0 Å². The second-order valence-electron chi connectivity index (χ2n) is 6.64. The van der Waals surface area contributed by atoms with Gasteiger partial charge in [-0.05, 0) is 30.7 Å². The number of pyridine rings is 1. The Morgan fingerprint density at radius 1 is 1.30 bits per heavy atom. The van der Waals surface area contributed by atoms with Gasteiger partial charge in [0, 0.05) is 38.3 Å². The summed E-state index contributed by atoms with van der Waals surface area (Å²) in [4.78, 5) is 4.41.